The molecule has 0 amide bonds. The molecular weight excluding hydrogens is 271 g/mol. The van der Waals surface area contributed by atoms with Gasteiger partial charge in [-0.15, -0.1) is 0 Å². The fourth-order valence-corrected chi connectivity index (χ4v) is 0.674. The lowest BCUT2D eigenvalue weighted by Gasteiger charge is -1.85. The van der Waals surface area contributed by atoms with Gasteiger partial charge in [-0.05, 0) is 6.07 Å². The number of aromatic nitrogens is 1. The summed E-state index contributed by atoms with van der Waals surface area (Å²) in [6, 6.07) is 3.32. The summed E-state index contributed by atoms with van der Waals surface area (Å²) in [5.74, 6) is -0.329. The van der Waals surface area contributed by atoms with Crippen molar-refractivity contribution in [3.8, 4) is 0 Å². The summed E-state index contributed by atoms with van der Waals surface area (Å²) in [6.45, 7) is 0. The van der Waals surface area contributed by atoms with Crippen molar-refractivity contribution in [1.82, 2.24) is 0 Å². The summed E-state index contributed by atoms with van der Waals surface area (Å²) in [5, 5.41) is 10.7. The van der Waals surface area contributed by atoms with E-state index < -0.39 is 0 Å². The topological polar surface area (TPSA) is 63.8 Å². The maximum absolute atomic E-state index is 10.9. The molecule has 0 aromatic carbocycles. The molecule has 0 saturated heterocycles. The molecule has 0 fully saturated rings. The Kier molecular flexibility index (Phi) is 5.18. The van der Waals surface area contributed by atoms with E-state index in [1.54, 1.807) is 18.3 Å². The van der Waals surface area contributed by atoms with Gasteiger partial charge in [0.1, 0.15) is 6.21 Å². The summed E-state index contributed by atoms with van der Waals surface area (Å²) in [4.78, 5) is 13.7. The number of ketones is 1. The van der Waals surface area contributed by atoms with E-state index in [9.17, 15) is 4.79 Å². The lowest BCUT2D eigenvalue weighted by molar-refractivity contribution is -0.378. The van der Waals surface area contributed by atoms with Gasteiger partial charge in [0.2, 0.25) is 5.78 Å². The van der Waals surface area contributed by atoms with Crippen LogP contribution in [0.25, 0.3) is 0 Å². The number of rotatable bonds is 2. The second-order valence-corrected chi connectivity index (χ2v) is 1.90. The first-order valence-electron chi connectivity index (χ1n) is 3.02. The van der Waals surface area contributed by atoms with Crippen LogP contribution in [-0.2, 0) is 0 Å². The SMILES string of the molecule is O=C(/C=N/O)c1ccc[nH+]c1.[I-]. The third-order valence-electron chi connectivity index (χ3n) is 1.17. The largest absolute Gasteiger partial charge is 1.00 e. The molecule has 0 unspecified atom stereocenters. The first-order chi connectivity index (χ1) is 5.34. The number of carbonyl (C=O) groups is 1. The number of aromatic amines is 1. The molecule has 0 bridgehead atoms. The number of nitrogens with one attached hydrogen (secondary N) is 1. The molecule has 4 nitrogen and oxygen atoms in total. The van der Waals surface area contributed by atoms with Gasteiger partial charge >= 0.3 is 0 Å². The van der Waals surface area contributed by atoms with Crippen molar-refractivity contribution in [2.24, 2.45) is 5.16 Å². The van der Waals surface area contributed by atoms with Gasteiger partial charge in [0.25, 0.3) is 0 Å². The van der Waals surface area contributed by atoms with Gasteiger partial charge in [-0.2, -0.15) is 0 Å². The number of Topliss-reactive ketones (excluding diaryl/α,β-unsaturated/α-hetero) is 1. The molecule has 0 atom stereocenters. The smallest absolute Gasteiger partial charge is 0.213 e. The Labute approximate surface area is 86.3 Å². The lowest BCUT2D eigenvalue weighted by Crippen LogP contribution is -3.00. The molecule has 0 aliphatic heterocycles. The highest BCUT2D eigenvalue weighted by molar-refractivity contribution is 6.35. The Morgan fingerprint density at radius 1 is 1.67 bits per heavy atom. The van der Waals surface area contributed by atoms with Crippen molar-refractivity contribution in [3.05, 3.63) is 30.1 Å². The van der Waals surface area contributed by atoms with E-state index in [1.165, 1.54) is 6.20 Å². The van der Waals surface area contributed by atoms with Gasteiger partial charge in [-0.25, -0.2) is 4.98 Å². The third kappa shape index (κ3) is 2.95. The first-order valence-corrected chi connectivity index (χ1v) is 3.02. The molecule has 1 rings (SSSR count). The molecular formula is C7H7IN2O2. The van der Waals surface area contributed by atoms with Gasteiger partial charge in [0, 0.05) is 6.07 Å². The van der Waals surface area contributed by atoms with Gasteiger partial charge in [0.05, 0.1) is 5.56 Å². The molecule has 0 spiro atoms. The van der Waals surface area contributed by atoms with Crippen LogP contribution in [0.3, 0.4) is 0 Å². The van der Waals surface area contributed by atoms with Crippen LogP contribution in [0.15, 0.2) is 29.7 Å². The van der Waals surface area contributed by atoms with E-state index in [0.29, 0.717) is 5.56 Å². The summed E-state index contributed by atoms with van der Waals surface area (Å²) < 4.78 is 0. The minimum Gasteiger partial charge on any atom is -1.00 e. The fraction of sp³-hybridized carbons (Fsp3) is 0. The highest BCUT2D eigenvalue weighted by atomic mass is 127. The molecule has 1 aromatic heterocycles. The van der Waals surface area contributed by atoms with Crippen LogP contribution in [0.4, 0.5) is 0 Å². The van der Waals surface area contributed by atoms with E-state index >= 15 is 0 Å². The zero-order valence-corrected chi connectivity index (χ0v) is 8.22. The zero-order chi connectivity index (χ0) is 8.10. The van der Waals surface area contributed by atoms with Crippen molar-refractivity contribution in [3.63, 3.8) is 0 Å². The highest BCUT2D eigenvalue weighted by Gasteiger charge is 2.03. The van der Waals surface area contributed by atoms with E-state index in [-0.39, 0.29) is 29.8 Å². The zero-order valence-electron chi connectivity index (χ0n) is 6.07. The minimum atomic E-state index is -0.329. The molecule has 1 aromatic rings. The normalized spacial score (nSPS) is 9.33. The summed E-state index contributed by atoms with van der Waals surface area (Å²) >= 11 is 0. The maximum Gasteiger partial charge on any atom is 0.213 e. The fourth-order valence-electron chi connectivity index (χ4n) is 0.674. The molecule has 0 aliphatic rings. The lowest BCUT2D eigenvalue weighted by atomic mass is 10.2. The Balaban J connectivity index is 0.00000121. The molecule has 0 saturated carbocycles. The number of halogens is 1. The third-order valence-corrected chi connectivity index (χ3v) is 1.17. The first kappa shape index (κ1) is 11.0. The van der Waals surface area contributed by atoms with Crippen LogP contribution >= 0.6 is 0 Å². The van der Waals surface area contributed by atoms with Crippen LogP contribution in [0.5, 0.6) is 0 Å². The van der Waals surface area contributed by atoms with E-state index in [1.807, 2.05) is 0 Å². The predicted octanol–water partition coefficient (Wildman–Crippen LogP) is -2.85. The average molecular weight is 278 g/mol. The predicted molar refractivity (Wildman–Crippen MR) is 37.6 cm³/mol. The van der Waals surface area contributed by atoms with Crippen LogP contribution in [-0.4, -0.2) is 17.2 Å². The number of carbonyl (C=O) groups excluding carboxylic acids is 1. The second-order valence-electron chi connectivity index (χ2n) is 1.90. The van der Waals surface area contributed by atoms with Crippen LogP contribution in [0.2, 0.25) is 0 Å². The summed E-state index contributed by atoms with van der Waals surface area (Å²) in [7, 11) is 0. The standard InChI is InChI=1S/C7H6N2O2.HI/c10-7(5-9-11)6-2-1-3-8-4-6;/h1-5,11H;1H/b9-5+;. The van der Waals surface area contributed by atoms with E-state index in [2.05, 4.69) is 10.1 Å². The second kappa shape index (κ2) is 5.64. The Morgan fingerprint density at radius 3 is 2.92 bits per heavy atom. The molecule has 5 heteroatoms. The number of oxime groups is 1. The monoisotopic (exact) mass is 278 g/mol. The number of hydrogen-bond acceptors (Lipinski definition) is 3. The van der Waals surface area contributed by atoms with Crippen molar-refractivity contribution in [2.75, 3.05) is 0 Å². The van der Waals surface area contributed by atoms with Gasteiger partial charge in [-0.3, -0.25) is 4.79 Å². The van der Waals surface area contributed by atoms with Crippen LogP contribution in [0, 0.1) is 0 Å². The molecule has 1 heterocycles. The Morgan fingerprint density at radius 2 is 2.42 bits per heavy atom. The van der Waals surface area contributed by atoms with E-state index in [4.69, 9.17) is 5.21 Å². The Bertz CT molecular complexity index is 274. The van der Waals surface area contributed by atoms with Gasteiger partial charge < -0.3 is 29.2 Å². The van der Waals surface area contributed by atoms with Gasteiger partial charge in [-0.1, -0.05) is 5.16 Å². The van der Waals surface area contributed by atoms with Gasteiger partial charge in [0.15, 0.2) is 12.4 Å². The molecule has 0 radical (unpaired) electrons. The summed E-state index contributed by atoms with van der Waals surface area (Å²) in [5.41, 5.74) is 0.463. The number of nitrogens with zero attached hydrogens (tertiary/aromatic N) is 1. The molecule has 2 N–H and O–H groups in total. The highest BCUT2D eigenvalue weighted by Crippen LogP contribution is 1.92. The Hall–Kier alpha value is -0.980. The minimum absolute atomic E-state index is 0. The molecule has 12 heavy (non-hydrogen) atoms. The van der Waals surface area contributed by atoms with Crippen molar-refractivity contribution >= 4 is 12.0 Å². The number of H-pyrrole nitrogens is 1. The van der Waals surface area contributed by atoms with Crippen LogP contribution in [0.1, 0.15) is 10.4 Å². The molecule has 0 aliphatic carbocycles. The van der Waals surface area contributed by atoms with Crippen LogP contribution < -0.4 is 29.0 Å². The maximum atomic E-state index is 10.9. The quantitative estimate of drug-likeness (QED) is 0.208. The average Bonchev–Trinajstić information content (AvgIpc) is 2.07. The van der Waals surface area contributed by atoms with Crippen molar-refractivity contribution in [2.45, 2.75) is 0 Å². The van der Waals surface area contributed by atoms with Crippen molar-refractivity contribution in [1.29, 1.82) is 0 Å². The summed E-state index contributed by atoms with van der Waals surface area (Å²) in [6.07, 6.45) is 4.07. The van der Waals surface area contributed by atoms with E-state index in [0.717, 1.165) is 6.21 Å². The number of hydrogen-bond donors (Lipinski definition) is 1. The number of pyridine rings is 1. The molecule has 64 valence electrons. The van der Waals surface area contributed by atoms with Crippen molar-refractivity contribution < 1.29 is 39.0 Å².